The largest absolute Gasteiger partial charge is 0.392 e. The number of rotatable bonds is 12. The van der Waals surface area contributed by atoms with Crippen LogP contribution in [-0.2, 0) is 29.0 Å². The highest BCUT2D eigenvalue weighted by Crippen LogP contribution is 2.38. The van der Waals surface area contributed by atoms with Crippen LogP contribution in [0.15, 0.2) is 97.2 Å². The molecule has 1 fully saturated rings. The summed E-state index contributed by atoms with van der Waals surface area (Å²) in [7, 11) is 2.12. The lowest BCUT2D eigenvalue weighted by atomic mass is 9.97. The number of amides is 2. The Kier molecular flexibility index (Phi) is 11.1. The second-order valence-electron chi connectivity index (χ2n) is 11.2. The van der Waals surface area contributed by atoms with Crippen molar-refractivity contribution >= 4 is 6.03 Å². The number of pyridine rings is 1. The molecule has 8 nitrogen and oxygen atoms in total. The van der Waals surface area contributed by atoms with E-state index in [9.17, 15) is 9.90 Å². The molecule has 0 unspecified atom stereocenters. The van der Waals surface area contributed by atoms with Crippen molar-refractivity contribution in [1.82, 2.24) is 20.5 Å². The van der Waals surface area contributed by atoms with E-state index in [1.54, 1.807) is 0 Å². The van der Waals surface area contributed by atoms with E-state index in [0.717, 1.165) is 65.0 Å². The Bertz CT molecular complexity index is 1460. The van der Waals surface area contributed by atoms with Gasteiger partial charge < -0.3 is 30.1 Å². The molecule has 1 saturated heterocycles. The van der Waals surface area contributed by atoms with E-state index in [0.29, 0.717) is 13.1 Å². The molecular formula is C36H42N4O4. The first-order valence-corrected chi connectivity index (χ1v) is 15.3. The summed E-state index contributed by atoms with van der Waals surface area (Å²) >= 11 is 0. The van der Waals surface area contributed by atoms with Crippen LogP contribution in [0.2, 0.25) is 0 Å². The number of urea groups is 1. The lowest BCUT2D eigenvalue weighted by molar-refractivity contribution is -0.252. The minimum absolute atomic E-state index is 0.0126. The maximum atomic E-state index is 12.0. The van der Waals surface area contributed by atoms with E-state index in [1.807, 2.05) is 67.7 Å². The summed E-state index contributed by atoms with van der Waals surface area (Å²) in [5, 5.41) is 15.2. The molecule has 8 heteroatoms. The van der Waals surface area contributed by atoms with E-state index in [1.165, 1.54) is 0 Å². The molecule has 0 spiro atoms. The Morgan fingerprint density at radius 3 is 2.41 bits per heavy atom. The highest BCUT2D eigenvalue weighted by atomic mass is 16.7. The van der Waals surface area contributed by atoms with Gasteiger partial charge in [-0.1, -0.05) is 78.9 Å². The Morgan fingerprint density at radius 1 is 0.932 bits per heavy atom. The van der Waals surface area contributed by atoms with Crippen LogP contribution in [0.1, 0.15) is 53.7 Å². The molecule has 2 heterocycles. The smallest absolute Gasteiger partial charge is 0.315 e. The van der Waals surface area contributed by atoms with E-state index in [-0.39, 0.29) is 24.8 Å². The van der Waals surface area contributed by atoms with Crippen molar-refractivity contribution < 1.29 is 19.4 Å². The summed E-state index contributed by atoms with van der Waals surface area (Å²) in [4.78, 5) is 18.7. The fourth-order valence-corrected chi connectivity index (χ4v) is 5.50. The average Bonchev–Trinajstić information content (AvgIpc) is 3.07. The first-order valence-electron chi connectivity index (χ1n) is 15.3. The number of ether oxygens (including phenoxy) is 2. The summed E-state index contributed by atoms with van der Waals surface area (Å²) < 4.78 is 13.1. The van der Waals surface area contributed by atoms with Crippen LogP contribution in [0.3, 0.4) is 0 Å². The lowest BCUT2D eigenvalue weighted by Crippen LogP contribution is -2.38. The first-order chi connectivity index (χ1) is 21.5. The zero-order chi connectivity index (χ0) is 30.7. The highest BCUT2D eigenvalue weighted by molar-refractivity contribution is 5.74. The Morgan fingerprint density at radius 2 is 1.68 bits per heavy atom. The van der Waals surface area contributed by atoms with E-state index in [4.69, 9.17) is 9.47 Å². The van der Waals surface area contributed by atoms with Crippen molar-refractivity contribution in [2.45, 2.75) is 51.4 Å². The monoisotopic (exact) mass is 594 g/mol. The summed E-state index contributed by atoms with van der Waals surface area (Å²) in [5.41, 5.74) is 7.13. The molecule has 44 heavy (non-hydrogen) atoms. The summed E-state index contributed by atoms with van der Waals surface area (Å²) in [6, 6.07) is 30.2. The topological polar surface area (TPSA) is 96.0 Å². The highest BCUT2D eigenvalue weighted by Gasteiger charge is 2.32. The van der Waals surface area contributed by atoms with Crippen molar-refractivity contribution in [3.05, 3.63) is 125 Å². The number of carbonyl (C=O) groups is 1. The SMILES string of the molecule is CCNC(=O)NCc1ccccc1-c1ccc([C@@H]2O[C@H](CN(C)CCc3ccccn3)C[C@H](c3ccc(CO)cc3)O2)cc1. The summed E-state index contributed by atoms with van der Waals surface area (Å²) in [6.07, 6.45) is 2.73. The van der Waals surface area contributed by atoms with Gasteiger partial charge in [-0.2, -0.15) is 0 Å². The van der Waals surface area contributed by atoms with Gasteiger partial charge in [0.25, 0.3) is 0 Å². The Balaban J connectivity index is 1.31. The molecule has 2 amide bonds. The lowest BCUT2D eigenvalue weighted by Gasteiger charge is -2.38. The standard InChI is InChI=1S/C36H42N4O4/c1-3-37-36(42)39-23-30-8-4-5-10-33(30)27-15-17-29(18-16-27)35-43-32(24-40(2)21-19-31-9-6-7-20-38-31)22-34(44-35)28-13-11-26(25-41)12-14-28/h4-18,20,32,34-35,41H,3,19,21-25H2,1-2H3,(H2,37,39,42)/t32-,34+,35+/m0/s1. The number of hydrogen-bond donors (Lipinski definition) is 3. The number of aromatic nitrogens is 1. The number of hydrogen-bond acceptors (Lipinski definition) is 6. The summed E-state index contributed by atoms with van der Waals surface area (Å²) in [6.45, 7) is 4.57. The number of aliphatic hydroxyl groups is 1. The van der Waals surface area contributed by atoms with Crippen molar-refractivity contribution in [3.8, 4) is 11.1 Å². The van der Waals surface area contributed by atoms with Crippen LogP contribution in [0.25, 0.3) is 11.1 Å². The second-order valence-corrected chi connectivity index (χ2v) is 11.2. The minimum atomic E-state index is -0.524. The number of carbonyl (C=O) groups excluding carboxylic acids is 1. The minimum Gasteiger partial charge on any atom is -0.392 e. The fourth-order valence-electron chi connectivity index (χ4n) is 5.50. The maximum absolute atomic E-state index is 12.0. The third kappa shape index (κ3) is 8.51. The molecule has 4 aromatic rings. The molecule has 0 bridgehead atoms. The molecule has 1 aromatic heterocycles. The van der Waals surface area contributed by atoms with Gasteiger partial charge in [0.05, 0.1) is 18.8 Å². The maximum Gasteiger partial charge on any atom is 0.315 e. The third-order valence-corrected chi connectivity index (χ3v) is 7.89. The van der Waals surface area contributed by atoms with Gasteiger partial charge in [-0.05, 0) is 53.9 Å². The van der Waals surface area contributed by atoms with Gasteiger partial charge in [-0.3, -0.25) is 4.98 Å². The van der Waals surface area contributed by atoms with Gasteiger partial charge in [-0.15, -0.1) is 0 Å². The predicted molar refractivity (Wildman–Crippen MR) is 172 cm³/mol. The molecule has 5 rings (SSSR count). The molecule has 3 N–H and O–H groups in total. The van der Waals surface area contributed by atoms with E-state index < -0.39 is 6.29 Å². The van der Waals surface area contributed by atoms with E-state index >= 15 is 0 Å². The van der Waals surface area contributed by atoms with Crippen LogP contribution in [0, 0.1) is 0 Å². The number of likely N-dealkylation sites (N-methyl/N-ethyl adjacent to an activating group) is 1. The average molecular weight is 595 g/mol. The Hall–Kier alpha value is -4.08. The van der Waals surface area contributed by atoms with Crippen LogP contribution in [-0.4, -0.2) is 53.8 Å². The molecule has 230 valence electrons. The van der Waals surface area contributed by atoms with Gasteiger partial charge in [0.15, 0.2) is 6.29 Å². The molecule has 3 aromatic carbocycles. The van der Waals surface area contributed by atoms with Gasteiger partial charge in [-0.25, -0.2) is 4.79 Å². The van der Waals surface area contributed by atoms with Crippen molar-refractivity contribution in [3.63, 3.8) is 0 Å². The zero-order valence-corrected chi connectivity index (χ0v) is 25.5. The molecule has 1 aliphatic heterocycles. The van der Waals surface area contributed by atoms with Crippen molar-refractivity contribution in [2.75, 3.05) is 26.7 Å². The van der Waals surface area contributed by atoms with E-state index in [2.05, 4.69) is 64.0 Å². The quantitative estimate of drug-likeness (QED) is 0.193. The number of nitrogens with one attached hydrogen (secondary N) is 2. The predicted octanol–water partition coefficient (Wildman–Crippen LogP) is 5.78. The first kappa shape index (κ1) is 31.3. The second kappa shape index (κ2) is 15.6. The van der Waals surface area contributed by atoms with Crippen LogP contribution in [0.5, 0.6) is 0 Å². The molecule has 0 radical (unpaired) electrons. The number of nitrogens with zero attached hydrogens (tertiary/aromatic N) is 2. The molecule has 0 aliphatic carbocycles. The third-order valence-electron chi connectivity index (χ3n) is 7.89. The normalized spacial score (nSPS) is 18.2. The van der Waals surface area contributed by atoms with Gasteiger partial charge in [0, 0.05) is 56.5 Å². The number of benzene rings is 3. The van der Waals surface area contributed by atoms with Crippen molar-refractivity contribution in [2.24, 2.45) is 0 Å². The van der Waals surface area contributed by atoms with Crippen LogP contribution < -0.4 is 10.6 Å². The summed E-state index contributed by atoms with van der Waals surface area (Å²) in [5.74, 6) is 0. The zero-order valence-electron chi connectivity index (χ0n) is 25.5. The van der Waals surface area contributed by atoms with Gasteiger partial charge in [0.2, 0.25) is 0 Å². The fraction of sp³-hybridized carbons (Fsp3) is 0.333. The van der Waals surface area contributed by atoms with Crippen LogP contribution in [0.4, 0.5) is 4.79 Å². The van der Waals surface area contributed by atoms with Gasteiger partial charge >= 0.3 is 6.03 Å². The molecule has 0 saturated carbocycles. The molecular weight excluding hydrogens is 552 g/mol. The molecule has 3 atom stereocenters. The van der Waals surface area contributed by atoms with Crippen molar-refractivity contribution in [1.29, 1.82) is 0 Å². The van der Waals surface area contributed by atoms with Gasteiger partial charge in [0.1, 0.15) is 0 Å². The Labute approximate surface area is 260 Å². The number of aliphatic hydroxyl groups excluding tert-OH is 1. The van der Waals surface area contributed by atoms with Crippen LogP contribution >= 0.6 is 0 Å². The molecule has 1 aliphatic rings.